The highest BCUT2D eigenvalue weighted by atomic mass is 35.5. The molecule has 1 N–H and O–H groups in total. The van der Waals surface area contributed by atoms with Crippen LogP contribution in [0.25, 0.3) is 0 Å². The molecule has 1 aliphatic carbocycles. The fraction of sp³-hybridized carbons (Fsp3) is 0.667. The van der Waals surface area contributed by atoms with E-state index < -0.39 is 34.2 Å². The average Bonchev–Trinajstić information content (AvgIpc) is 2.73. The second-order valence-corrected chi connectivity index (χ2v) is 10.3. The molecule has 0 aromatic heterocycles. The summed E-state index contributed by atoms with van der Waals surface area (Å²) in [7, 11) is -1.02. The Morgan fingerprint density at radius 1 is 1.16 bits per heavy atom. The van der Waals surface area contributed by atoms with Crippen LogP contribution in [0.15, 0.2) is 18.2 Å². The van der Waals surface area contributed by atoms with Gasteiger partial charge in [-0.15, -0.1) is 0 Å². The first-order chi connectivity index (χ1) is 14.7. The summed E-state index contributed by atoms with van der Waals surface area (Å²) in [6.07, 6.45) is 0.888. The number of hydrogen-bond acceptors (Lipinski definition) is 3. The zero-order valence-corrected chi connectivity index (χ0v) is 19.2. The number of amides is 1. The molecule has 0 spiro atoms. The van der Waals surface area contributed by atoms with Crippen molar-refractivity contribution in [3.8, 4) is 0 Å². The van der Waals surface area contributed by atoms with Gasteiger partial charge in [-0.05, 0) is 37.5 Å². The number of carbonyl (C=O) groups is 1. The van der Waals surface area contributed by atoms with Crippen LogP contribution in [0.1, 0.15) is 49.4 Å². The molecule has 0 bridgehead atoms. The van der Waals surface area contributed by atoms with Crippen LogP contribution in [-0.4, -0.2) is 69.3 Å². The third-order valence-electron chi connectivity index (χ3n) is 6.24. The van der Waals surface area contributed by atoms with E-state index in [9.17, 15) is 22.2 Å². The molecular formula is C21H29ClF3N3O2S. The lowest BCUT2D eigenvalue weighted by atomic mass is 9.78. The summed E-state index contributed by atoms with van der Waals surface area (Å²) in [6.45, 7) is 4.60. The highest BCUT2D eigenvalue weighted by molar-refractivity contribution is 7.82. The van der Waals surface area contributed by atoms with Gasteiger partial charge < -0.3 is 5.32 Å². The van der Waals surface area contributed by atoms with E-state index in [-0.39, 0.29) is 42.8 Å². The monoisotopic (exact) mass is 479 g/mol. The van der Waals surface area contributed by atoms with Crippen LogP contribution in [0.2, 0.25) is 5.02 Å². The van der Waals surface area contributed by atoms with Crippen molar-refractivity contribution >= 4 is 28.5 Å². The molecular weight excluding hydrogens is 451 g/mol. The quantitative estimate of drug-likeness (QED) is 0.646. The third kappa shape index (κ3) is 6.00. The number of piperazine rings is 1. The minimum atomic E-state index is -2.70. The van der Waals surface area contributed by atoms with Gasteiger partial charge in [-0.3, -0.25) is 9.69 Å². The maximum absolute atomic E-state index is 13.9. The number of nitrogens with one attached hydrogen (secondary N) is 1. The van der Waals surface area contributed by atoms with Crippen molar-refractivity contribution in [2.24, 2.45) is 0 Å². The molecule has 10 heteroatoms. The Morgan fingerprint density at radius 3 is 2.39 bits per heavy atom. The Morgan fingerprint density at radius 2 is 1.81 bits per heavy atom. The minimum absolute atomic E-state index is 0.00810. The summed E-state index contributed by atoms with van der Waals surface area (Å²) < 4.78 is 55.3. The smallest absolute Gasteiger partial charge is 0.252 e. The van der Waals surface area contributed by atoms with E-state index in [0.29, 0.717) is 31.9 Å². The largest absolute Gasteiger partial charge is 0.350 e. The number of alkyl halides is 2. The summed E-state index contributed by atoms with van der Waals surface area (Å²) in [4.78, 5) is 14.8. The third-order valence-corrected chi connectivity index (χ3v) is 8.25. The van der Waals surface area contributed by atoms with Gasteiger partial charge in [0.25, 0.3) is 5.91 Å². The molecule has 1 saturated heterocycles. The predicted octanol–water partition coefficient (Wildman–Crippen LogP) is 3.85. The minimum Gasteiger partial charge on any atom is -0.350 e. The zero-order chi connectivity index (χ0) is 22.6. The fourth-order valence-corrected chi connectivity index (χ4v) is 5.80. The molecule has 1 saturated carbocycles. The molecule has 174 valence electrons. The average molecular weight is 480 g/mol. The molecule has 3 rings (SSSR count). The second-order valence-electron chi connectivity index (χ2n) is 8.33. The highest BCUT2D eigenvalue weighted by Gasteiger charge is 2.47. The van der Waals surface area contributed by atoms with Crippen LogP contribution in [0.3, 0.4) is 0 Å². The number of nitrogens with zero attached hydrogens (tertiary/aromatic N) is 2. The Bertz CT molecular complexity index is 809. The van der Waals surface area contributed by atoms with E-state index >= 15 is 0 Å². The molecule has 1 amide bonds. The predicted molar refractivity (Wildman–Crippen MR) is 116 cm³/mol. The van der Waals surface area contributed by atoms with Crippen molar-refractivity contribution in [2.45, 2.75) is 50.5 Å². The Hall–Kier alpha value is -1.16. The first-order valence-electron chi connectivity index (χ1n) is 10.7. The van der Waals surface area contributed by atoms with Crippen LogP contribution in [0, 0.1) is 5.82 Å². The Balaban J connectivity index is 1.70. The number of carbonyl (C=O) groups excluding carboxylic acids is 1. The molecule has 1 atom stereocenters. The van der Waals surface area contributed by atoms with Gasteiger partial charge in [-0.25, -0.2) is 21.7 Å². The van der Waals surface area contributed by atoms with Crippen LogP contribution in [0.5, 0.6) is 0 Å². The van der Waals surface area contributed by atoms with Crippen LogP contribution in [0.4, 0.5) is 13.2 Å². The van der Waals surface area contributed by atoms with Crippen LogP contribution >= 0.6 is 11.6 Å². The van der Waals surface area contributed by atoms with Gasteiger partial charge in [0.2, 0.25) is 5.92 Å². The SMILES string of the molecule is CCCS(=O)N1CCN(C2(CNC(=O)c3ccc(F)cc3Cl)CCC(F)(F)CC2)CC1. The molecule has 2 fully saturated rings. The van der Waals surface area contributed by atoms with Gasteiger partial charge in [-0.1, -0.05) is 18.5 Å². The van der Waals surface area contributed by atoms with Crippen molar-refractivity contribution in [3.63, 3.8) is 0 Å². The van der Waals surface area contributed by atoms with Crippen molar-refractivity contribution in [2.75, 3.05) is 38.5 Å². The van der Waals surface area contributed by atoms with Crippen LogP contribution < -0.4 is 5.32 Å². The standard InChI is InChI=1S/C21H29ClF3N3O2S/c1-2-13-31(30)28-11-9-27(10-12-28)20(5-7-21(24,25)8-6-20)15-26-19(29)17-4-3-16(23)14-18(17)22/h3-4,14H,2,5-13,15H2,1H3,(H,26,29). The fourth-order valence-electron chi connectivity index (χ4n) is 4.37. The molecule has 31 heavy (non-hydrogen) atoms. The molecule has 1 aromatic rings. The van der Waals surface area contributed by atoms with E-state index in [0.717, 1.165) is 18.6 Å². The molecule has 2 aliphatic rings. The lowest BCUT2D eigenvalue weighted by Gasteiger charge is -2.50. The van der Waals surface area contributed by atoms with E-state index in [1.54, 1.807) is 0 Å². The number of rotatable bonds is 7. The number of halogens is 4. The topological polar surface area (TPSA) is 52.7 Å². The second kappa shape index (κ2) is 10.2. The van der Waals surface area contributed by atoms with E-state index in [4.69, 9.17) is 11.6 Å². The van der Waals surface area contributed by atoms with Gasteiger partial charge in [-0.2, -0.15) is 0 Å². The van der Waals surface area contributed by atoms with Crippen molar-refractivity contribution in [3.05, 3.63) is 34.6 Å². The molecule has 1 unspecified atom stereocenters. The first-order valence-corrected chi connectivity index (χ1v) is 12.3. The van der Waals surface area contributed by atoms with Crippen molar-refractivity contribution in [1.82, 2.24) is 14.5 Å². The van der Waals surface area contributed by atoms with E-state index in [2.05, 4.69) is 10.2 Å². The summed E-state index contributed by atoms with van der Waals surface area (Å²) >= 11 is 5.99. The summed E-state index contributed by atoms with van der Waals surface area (Å²) in [5, 5.41) is 2.85. The Kier molecular flexibility index (Phi) is 8.05. The number of hydrogen-bond donors (Lipinski definition) is 1. The summed E-state index contributed by atoms with van der Waals surface area (Å²) in [6, 6.07) is 3.55. The van der Waals surface area contributed by atoms with Crippen molar-refractivity contribution < 1.29 is 22.2 Å². The maximum atomic E-state index is 13.9. The van der Waals surface area contributed by atoms with Gasteiger partial charge in [0.15, 0.2) is 0 Å². The molecule has 5 nitrogen and oxygen atoms in total. The van der Waals surface area contributed by atoms with E-state index in [1.807, 2.05) is 11.2 Å². The molecule has 0 radical (unpaired) electrons. The lowest BCUT2D eigenvalue weighted by Crippen LogP contribution is -2.63. The summed E-state index contributed by atoms with van der Waals surface area (Å²) in [5.41, 5.74) is -0.443. The lowest BCUT2D eigenvalue weighted by molar-refractivity contribution is -0.0855. The van der Waals surface area contributed by atoms with Crippen LogP contribution in [-0.2, 0) is 11.0 Å². The number of benzene rings is 1. The van der Waals surface area contributed by atoms with Gasteiger partial charge in [0.1, 0.15) is 5.82 Å². The zero-order valence-electron chi connectivity index (χ0n) is 17.6. The maximum Gasteiger partial charge on any atom is 0.252 e. The normalized spacial score (nSPS) is 22.7. The summed E-state index contributed by atoms with van der Waals surface area (Å²) in [5.74, 6) is -3.07. The molecule has 1 aliphatic heterocycles. The van der Waals surface area contributed by atoms with E-state index in [1.165, 1.54) is 6.07 Å². The first kappa shape index (κ1) is 24.5. The molecule has 1 aromatic carbocycles. The van der Waals surface area contributed by atoms with Crippen molar-refractivity contribution in [1.29, 1.82) is 0 Å². The highest BCUT2D eigenvalue weighted by Crippen LogP contribution is 2.41. The van der Waals surface area contributed by atoms with Gasteiger partial charge in [0, 0.05) is 56.9 Å². The Labute approximate surface area is 188 Å². The van der Waals surface area contributed by atoms with Gasteiger partial charge >= 0.3 is 0 Å². The van der Waals surface area contributed by atoms with Gasteiger partial charge in [0.05, 0.1) is 21.6 Å². The molecule has 1 heterocycles.